The van der Waals surface area contributed by atoms with Gasteiger partial charge in [-0.25, -0.2) is 9.69 Å². The third-order valence-corrected chi connectivity index (χ3v) is 5.46. The SMILES string of the molecule is O=C1NC(=O)N(c2ccc([N+](=O)[O-])cc2)C(=O)/C1=C/c1ccc(OCc2ccc(Br)cc2)cc1. The Morgan fingerprint density at radius 2 is 1.59 bits per heavy atom. The molecular weight excluding hydrogens is 506 g/mol. The number of benzene rings is 3. The fraction of sp³-hybridized carbons (Fsp3) is 0.0417. The molecular formula is C24H16BrN3O6. The number of halogens is 1. The number of rotatable bonds is 6. The van der Waals surface area contributed by atoms with Crippen LogP contribution < -0.4 is 15.0 Å². The van der Waals surface area contributed by atoms with Crippen LogP contribution in [0.15, 0.2) is 82.8 Å². The van der Waals surface area contributed by atoms with Gasteiger partial charge in [-0.3, -0.25) is 25.0 Å². The second-order valence-electron chi connectivity index (χ2n) is 7.22. The average Bonchev–Trinajstić information content (AvgIpc) is 2.82. The molecule has 1 heterocycles. The first-order valence-electron chi connectivity index (χ1n) is 9.95. The van der Waals surface area contributed by atoms with Crippen LogP contribution in [0.2, 0.25) is 0 Å². The molecule has 0 aromatic heterocycles. The minimum absolute atomic E-state index is 0.100. The van der Waals surface area contributed by atoms with Crippen molar-refractivity contribution in [3.63, 3.8) is 0 Å². The van der Waals surface area contributed by atoms with E-state index < -0.39 is 22.8 Å². The van der Waals surface area contributed by atoms with Gasteiger partial charge in [0.2, 0.25) is 0 Å². The number of hydrogen-bond acceptors (Lipinski definition) is 6. The van der Waals surface area contributed by atoms with Gasteiger partial charge in [-0.2, -0.15) is 0 Å². The van der Waals surface area contributed by atoms with E-state index in [0.29, 0.717) is 17.9 Å². The first kappa shape index (κ1) is 22.9. The molecule has 0 atom stereocenters. The van der Waals surface area contributed by atoms with Crippen molar-refractivity contribution in [1.29, 1.82) is 0 Å². The lowest BCUT2D eigenvalue weighted by molar-refractivity contribution is -0.384. The van der Waals surface area contributed by atoms with Crippen LogP contribution >= 0.6 is 15.9 Å². The van der Waals surface area contributed by atoms with Crippen molar-refractivity contribution < 1.29 is 24.0 Å². The molecule has 1 fully saturated rings. The Labute approximate surface area is 201 Å². The molecule has 10 heteroatoms. The van der Waals surface area contributed by atoms with Gasteiger partial charge in [0.25, 0.3) is 17.5 Å². The quantitative estimate of drug-likeness (QED) is 0.219. The van der Waals surface area contributed by atoms with Crippen LogP contribution in [0.25, 0.3) is 6.08 Å². The minimum atomic E-state index is -0.933. The van der Waals surface area contributed by atoms with E-state index in [-0.39, 0.29) is 16.9 Å². The van der Waals surface area contributed by atoms with Crippen molar-refractivity contribution in [1.82, 2.24) is 5.32 Å². The van der Waals surface area contributed by atoms with Gasteiger partial charge in [0.15, 0.2) is 0 Å². The van der Waals surface area contributed by atoms with Gasteiger partial charge >= 0.3 is 6.03 Å². The van der Waals surface area contributed by atoms with E-state index in [0.717, 1.165) is 14.9 Å². The number of nitro groups is 1. The summed E-state index contributed by atoms with van der Waals surface area (Å²) in [5, 5.41) is 13.0. The van der Waals surface area contributed by atoms with E-state index in [1.54, 1.807) is 24.3 Å². The number of non-ortho nitro benzene ring substituents is 1. The summed E-state index contributed by atoms with van der Waals surface area (Å²) in [5.41, 5.74) is 1.20. The molecule has 34 heavy (non-hydrogen) atoms. The van der Waals surface area contributed by atoms with Gasteiger partial charge in [-0.15, -0.1) is 0 Å². The van der Waals surface area contributed by atoms with Crippen LogP contribution in [-0.2, 0) is 16.2 Å². The molecule has 0 bridgehead atoms. The highest BCUT2D eigenvalue weighted by atomic mass is 79.9. The van der Waals surface area contributed by atoms with Crippen molar-refractivity contribution in [2.24, 2.45) is 0 Å². The molecule has 4 amide bonds. The zero-order chi connectivity index (χ0) is 24.2. The summed E-state index contributed by atoms with van der Waals surface area (Å²) in [6.07, 6.45) is 1.36. The number of carbonyl (C=O) groups excluding carboxylic acids is 3. The van der Waals surface area contributed by atoms with Crippen LogP contribution in [0.1, 0.15) is 11.1 Å². The van der Waals surface area contributed by atoms with Gasteiger partial charge in [0, 0.05) is 16.6 Å². The first-order valence-corrected chi connectivity index (χ1v) is 10.7. The molecule has 170 valence electrons. The highest BCUT2D eigenvalue weighted by Gasteiger charge is 2.36. The van der Waals surface area contributed by atoms with Crippen molar-refractivity contribution in [2.45, 2.75) is 6.61 Å². The van der Waals surface area contributed by atoms with Gasteiger partial charge < -0.3 is 4.74 Å². The minimum Gasteiger partial charge on any atom is -0.489 e. The van der Waals surface area contributed by atoms with Gasteiger partial charge in [0.05, 0.1) is 10.6 Å². The highest BCUT2D eigenvalue weighted by Crippen LogP contribution is 2.25. The maximum Gasteiger partial charge on any atom is 0.335 e. The van der Waals surface area contributed by atoms with Crippen LogP contribution in [0, 0.1) is 10.1 Å². The molecule has 3 aromatic rings. The molecule has 0 radical (unpaired) electrons. The molecule has 1 aliphatic rings. The molecule has 4 rings (SSSR count). The summed E-state index contributed by atoms with van der Waals surface area (Å²) < 4.78 is 6.73. The Morgan fingerprint density at radius 3 is 2.21 bits per heavy atom. The van der Waals surface area contributed by atoms with E-state index in [9.17, 15) is 24.5 Å². The number of ether oxygens (including phenoxy) is 1. The average molecular weight is 522 g/mol. The molecule has 1 saturated heterocycles. The summed E-state index contributed by atoms with van der Waals surface area (Å²) in [5.74, 6) is -1.06. The number of barbiturate groups is 1. The number of nitro benzene ring substituents is 1. The summed E-state index contributed by atoms with van der Waals surface area (Å²) in [4.78, 5) is 48.5. The Bertz CT molecular complexity index is 1300. The maximum absolute atomic E-state index is 12.9. The smallest absolute Gasteiger partial charge is 0.335 e. The van der Waals surface area contributed by atoms with Crippen molar-refractivity contribution in [2.75, 3.05) is 4.90 Å². The summed E-state index contributed by atoms with van der Waals surface area (Å²) in [6.45, 7) is 0.376. The Kier molecular flexibility index (Phi) is 6.51. The fourth-order valence-corrected chi connectivity index (χ4v) is 3.45. The predicted octanol–water partition coefficient (Wildman–Crippen LogP) is 4.60. The zero-order valence-electron chi connectivity index (χ0n) is 17.4. The normalized spacial score (nSPS) is 14.8. The summed E-state index contributed by atoms with van der Waals surface area (Å²) in [6, 6.07) is 18.4. The van der Waals surface area contributed by atoms with Gasteiger partial charge in [-0.1, -0.05) is 40.2 Å². The van der Waals surface area contributed by atoms with Crippen molar-refractivity contribution in [3.8, 4) is 5.75 Å². The second-order valence-corrected chi connectivity index (χ2v) is 8.13. The van der Waals surface area contributed by atoms with E-state index in [4.69, 9.17) is 4.74 Å². The molecule has 1 aliphatic heterocycles. The number of anilines is 1. The Morgan fingerprint density at radius 1 is 0.941 bits per heavy atom. The predicted molar refractivity (Wildman–Crippen MR) is 127 cm³/mol. The standard InChI is InChI=1S/C24H16BrN3O6/c25-17-5-1-16(2-6-17)14-34-20-11-3-15(4-12-20)13-21-22(29)26-24(31)27(23(21)30)18-7-9-19(10-8-18)28(32)33/h1-13H,14H2,(H,26,29,31)/b21-13+. The number of carbonyl (C=O) groups is 3. The topological polar surface area (TPSA) is 119 Å². The van der Waals surface area contributed by atoms with E-state index in [1.165, 1.54) is 30.3 Å². The Hall–Kier alpha value is -4.31. The highest BCUT2D eigenvalue weighted by molar-refractivity contribution is 9.10. The van der Waals surface area contributed by atoms with Crippen molar-refractivity contribution in [3.05, 3.63) is 104 Å². The lowest BCUT2D eigenvalue weighted by Crippen LogP contribution is -2.54. The van der Waals surface area contributed by atoms with Gasteiger partial charge in [0.1, 0.15) is 17.9 Å². The number of amides is 4. The van der Waals surface area contributed by atoms with Crippen LogP contribution in [0.3, 0.4) is 0 Å². The molecule has 9 nitrogen and oxygen atoms in total. The van der Waals surface area contributed by atoms with Gasteiger partial charge in [-0.05, 0) is 53.6 Å². The summed E-state index contributed by atoms with van der Waals surface area (Å²) >= 11 is 3.38. The molecule has 0 aliphatic carbocycles. The van der Waals surface area contributed by atoms with E-state index in [2.05, 4.69) is 21.2 Å². The third-order valence-electron chi connectivity index (χ3n) is 4.93. The molecule has 3 aromatic carbocycles. The first-order chi connectivity index (χ1) is 16.3. The summed E-state index contributed by atoms with van der Waals surface area (Å²) in [7, 11) is 0. The fourth-order valence-electron chi connectivity index (χ4n) is 3.19. The number of urea groups is 1. The molecule has 0 spiro atoms. The van der Waals surface area contributed by atoms with Crippen LogP contribution in [-0.4, -0.2) is 22.8 Å². The van der Waals surface area contributed by atoms with Crippen LogP contribution in [0.4, 0.5) is 16.2 Å². The number of hydrogen-bond donors (Lipinski definition) is 1. The lowest BCUT2D eigenvalue weighted by atomic mass is 10.1. The maximum atomic E-state index is 12.9. The number of nitrogens with one attached hydrogen (secondary N) is 1. The largest absolute Gasteiger partial charge is 0.489 e. The van der Waals surface area contributed by atoms with E-state index >= 15 is 0 Å². The van der Waals surface area contributed by atoms with E-state index in [1.807, 2.05) is 24.3 Å². The second kappa shape index (κ2) is 9.67. The van der Waals surface area contributed by atoms with Crippen LogP contribution in [0.5, 0.6) is 5.75 Å². The monoisotopic (exact) mass is 521 g/mol. The molecule has 1 N–H and O–H groups in total. The lowest BCUT2D eigenvalue weighted by Gasteiger charge is -2.26. The number of nitrogens with zero attached hydrogens (tertiary/aromatic N) is 2. The van der Waals surface area contributed by atoms with Crippen molar-refractivity contribution >= 4 is 51.2 Å². The third kappa shape index (κ3) is 5.02. The number of imide groups is 2. The Balaban J connectivity index is 1.51. The molecule has 0 unspecified atom stereocenters. The molecule has 0 saturated carbocycles. The zero-order valence-corrected chi connectivity index (χ0v) is 19.0.